The Morgan fingerprint density at radius 2 is 1.41 bits per heavy atom. The highest BCUT2D eigenvalue weighted by Crippen LogP contribution is 2.42. The summed E-state index contributed by atoms with van der Waals surface area (Å²) in [5.41, 5.74) is 5.00. The molecule has 0 radical (unpaired) electrons. The maximum Gasteiger partial charge on any atom is 0.259 e. The third kappa shape index (κ3) is 3.56. The number of anilines is 1. The molecule has 32 heavy (non-hydrogen) atoms. The van der Waals surface area contributed by atoms with E-state index in [4.69, 9.17) is 9.73 Å². The van der Waals surface area contributed by atoms with E-state index in [2.05, 4.69) is 0 Å². The lowest BCUT2D eigenvalue weighted by Gasteiger charge is -2.37. The molecule has 5 rings (SSSR count). The minimum atomic E-state index is -0.358. The Bertz CT molecular complexity index is 1270. The number of fused-ring (bicyclic) bond motifs is 1. The van der Waals surface area contributed by atoms with Crippen LogP contribution in [0.2, 0.25) is 0 Å². The molecule has 1 heterocycles. The molecule has 0 spiro atoms. The Morgan fingerprint density at radius 1 is 0.781 bits per heavy atom. The van der Waals surface area contributed by atoms with Gasteiger partial charge in [0, 0.05) is 5.56 Å². The van der Waals surface area contributed by atoms with E-state index in [1.807, 2.05) is 102 Å². The van der Waals surface area contributed by atoms with Crippen LogP contribution in [-0.4, -0.2) is 18.7 Å². The van der Waals surface area contributed by atoms with Crippen LogP contribution in [-0.2, 0) is 0 Å². The average Bonchev–Trinajstić information content (AvgIpc) is 2.88. The average molecular weight is 418 g/mol. The fourth-order valence-electron chi connectivity index (χ4n) is 4.09. The summed E-state index contributed by atoms with van der Waals surface area (Å²) < 4.78 is 5.27. The molecule has 1 aliphatic rings. The van der Waals surface area contributed by atoms with Gasteiger partial charge in [0.25, 0.3) is 5.91 Å². The molecule has 4 aromatic rings. The van der Waals surface area contributed by atoms with Crippen molar-refractivity contribution in [2.75, 3.05) is 12.0 Å². The number of carbonyl (C=O) groups is 1. The van der Waals surface area contributed by atoms with Crippen molar-refractivity contribution in [2.24, 2.45) is 4.99 Å². The van der Waals surface area contributed by atoms with E-state index in [9.17, 15) is 4.79 Å². The van der Waals surface area contributed by atoms with Gasteiger partial charge in [-0.25, -0.2) is 4.99 Å². The fourth-order valence-corrected chi connectivity index (χ4v) is 4.09. The lowest BCUT2D eigenvalue weighted by Crippen LogP contribution is -2.41. The van der Waals surface area contributed by atoms with E-state index in [0.29, 0.717) is 11.3 Å². The molecule has 1 atom stereocenters. The molecule has 0 N–H and O–H groups in total. The Labute approximate surface area is 187 Å². The molecule has 1 aliphatic heterocycles. The fraction of sp³-hybridized carbons (Fsp3) is 0.0714. The van der Waals surface area contributed by atoms with Crippen LogP contribution in [0.25, 0.3) is 0 Å². The Hall–Kier alpha value is -4.18. The van der Waals surface area contributed by atoms with Gasteiger partial charge in [0.15, 0.2) is 0 Å². The zero-order chi connectivity index (χ0) is 21.9. The summed E-state index contributed by atoms with van der Waals surface area (Å²) in [5, 5.41) is 0. The van der Waals surface area contributed by atoms with Gasteiger partial charge in [-0.2, -0.15) is 0 Å². The summed E-state index contributed by atoms with van der Waals surface area (Å²) in [5.74, 6) is 0.629. The van der Waals surface area contributed by atoms with Crippen LogP contribution in [0.3, 0.4) is 0 Å². The zero-order valence-corrected chi connectivity index (χ0v) is 17.7. The standard InChI is InChI=1S/C28H22N2O2/c1-32-23-18-16-22(17-19-23)28(31)30-25-15-9-8-14-24(25)29-26(20-10-4-2-5-11-20)27(30)21-12-6-3-7-13-21/h2-19,27H,1H3/t27-/m0/s1. The van der Waals surface area contributed by atoms with Gasteiger partial charge >= 0.3 is 0 Å². The number of carbonyl (C=O) groups excluding carboxylic acids is 1. The van der Waals surface area contributed by atoms with Gasteiger partial charge in [-0.15, -0.1) is 0 Å². The third-order valence-electron chi connectivity index (χ3n) is 5.64. The van der Waals surface area contributed by atoms with Gasteiger partial charge in [0.2, 0.25) is 0 Å². The van der Waals surface area contributed by atoms with Crippen molar-refractivity contribution >= 4 is 23.0 Å². The van der Waals surface area contributed by atoms with E-state index in [0.717, 1.165) is 28.2 Å². The first kappa shape index (κ1) is 19.8. The van der Waals surface area contributed by atoms with Crippen molar-refractivity contribution < 1.29 is 9.53 Å². The van der Waals surface area contributed by atoms with E-state index in [1.165, 1.54) is 0 Å². The topological polar surface area (TPSA) is 41.9 Å². The third-order valence-corrected chi connectivity index (χ3v) is 5.64. The van der Waals surface area contributed by atoms with Crippen LogP contribution < -0.4 is 9.64 Å². The molecule has 156 valence electrons. The second-order valence-electron chi connectivity index (χ2n) is 7.57. The minimum Gasteiger partial charge on any atom is -0.497 e. The molecule has 4 heteroatoms. The lowest BCUT2D eigenvalue weighted by atomic mass is 9.91. The molecule has 4 aromatic carbocycles. The minimum absolute atomic E-state index is 0.0858. The highest BCUT2D eigenvalue weighted by molar-refractivity contribution is 6.18. The number of aliphatic imine (C=N–C) groups is 1. The Balaban J connectivity index is 1.72. The number of methoxy groups -OCH3 is 1. The number of para-hydroxylation sites is 2. The molecule has 0 saturated carbocycles. The van der Waals surface area contributed by atoms with Crippen molar-refractivity contribution in [2.45, 2.75) is 6.04 Å². The van der Waals surface area contributed by atoms with Crippen LogP contribution in [0.4, 0.5) is 11.4 Å². The van der Waals surface area contributed by atoms with Gasteiger partial charge in [-0.1, -0.05) is 72.8 Å². The molecular weight excluding hydrogens is 396 g/mol. The SMILES string of the molecule is COc1ccc(C(=O)N2c3ccccc3N=C(c3ccccc3)[C@@H]2c2ccccc2)cc1. The first-order valence-electron chi connectivity index (χ1n) is 10.5. The monoisotopic (exact) mass is 418 g/mol. The maximum atomic E-state index is 14.0. The first-order chi connectivity index (χ1) is 15.8. The van der Waals surface area contributed by atoms with Crippen LogP contribution in [0, 0.1) is 0 Å². The highest BCUT2D eigenvalue weighted by Gasteiger charge is 2.36. The number of nitrogens with zero attached hydrogens (tertiary/aromatic N) is 2. The molecule has 4 nitrogen and oxygen atoms in total. The van der Waals surface area contributed by atoms with Crippen molar-refractivity contribution in [3.63, 3.8) is 0 Å². The summed E-state index contributed by atoms with van der Waals surface area (Å²) in [6.07, 6.45) is 0. The van der Waals surface area contributed by atoms with E-state index in [1.54, 1.807) is 19.2 Å². The molecule has 0 aliphatic carbocycles. The number of rotatable bonds is 4. The van der Waals surface area contributed by atoms with Crippen molar-refractivity contribution in [3.05, 3.63) is 126 Å². The second kappa shape index (κ2) is 8.52. The van der Waals surface area contributed by atoms with Gasteiger partial charge < -0.3 is 4.74 Å². The molecule has 0 unspecified atom stereocenters. The lowest BCUT2D eigenvalue weighted by molar-refractivity contribution is 0.0982. The van der Waals surface area contributed by atoms with Crippen LogP contribution in [0.1, 0.15) is 27.5 Å². The van der Waals surface area contributed by atoms with Crippen molar-refractivity contribution in [3.8, 4) is 5.75 Å². The van der Waals surface area contributed by atoms with Crippen molar-refractivity contribution in [1.29, 1.82) is 0 Å². The van der Waals surface area contributed by atoms with Crippen LogP contribution >= 0.6 is 0 Å². The predicted molar refractivity (Wildman–Crippen MR) is 128 cm³/mol. The smallest absolute Gasteiger partial charge is 0.259 e. The Kier molecular flexibility index (Phi) is 5.26. The van der Waals surface area contributed by atoms with E-state index < -0.39 is 0 Å². The molecule has 0 bridgehead atoms. The van der Waals surface area contributed by atoms with E-state index >= 15 is 0 Å². The number of hydrogen-bond donors (Lipinski definition) is 0. The molecule has 0 saturated heterocycles. The van der Waals surface area contributed by atoms with Gasteiger partial charge in [-0.3, -0.25) is 9.69 Å². The number of amides is 1. The number of ether oxygens (including phenoxy) is 1. The van der Waals surface area contributed by atoms with Gasteiger partial charge in [0.1, 0.15) is 11.8 Å². The van der Waals surface area contributed by atoms with Crippen LogP contribution in [0.15, 0.2) is 114 Å². The normalized spacial score (nSPS) is 15.0. The summed E-state index contributed by atoms with van der Waals surface area (Å²) in [7, 11) is 1.62. The van der Waals surface area contributed by atoms with Crippen molar-refractivity contribution in [1.82, 2.24) is 0 Å². The first-order valence-corrected chi connectivity index (χ1v) is 10.5. The predicted octanol–water partition coefficient (Wildman–Crippen LogP) is 6.22. The summed E-state index contributed by atoms with van der Waals surface area (Å²) in [6.45, 7) is 0. The molecule has 0 aromatic heterocycles. The maximum absolute atomic E-state index is 14.0. The Morgan fingerprint density at radius 3 is 2.09 bits per heavy atom. The summed E-state index contributed by atoms with van der Waals surface area (Å²) >= 11 is 0. The highest BCUT2D eigenvalue weighted by atomic mass is 16.5. The van der Waals surface area contributed by atoms with Gasteiger partial charge in [-0.05, 0) is 47.5 Å². The van der Waals surface area contributed by atoms with Crippen LogP contribution in [0.5, 0.6) is 5.75 Å². The quantitative estimate of drug-likeness (QED) is 0.395. The molecular formula is C28H22N2O2. The summed E-state index contributed by atoms with van der Waals surface area (Å²) in [6, 6.07) is 34.8. The van der Waals surface area contributed by atoms with E-state index in [-0.39, 0.29) is 11.9 Å². The number of hydrogen-bond acceptors (Lipinski definition) is 3. The molecule has 1 amide bonds. The zero-order valence-electron chi connectivity index (χ0n) is 17.7. The summed E-state index contributed by atoms with van der Waals surface area (Å²) in [4.78, 5) is 20.8. The largest absolute Gasteiger partial charge is 0.497 e. The molecule has 0 fully saturated rings. The van der Waals surface area contributed by atoms with Gasteiger partial charge in [0.05, 0.1) is 24.2 Å². The number of benzene rings is 4. The second-order valence-corrected chi connectivity index (χ2v) is 7.57.